The second kappa shape index (κ2) is 4.42. The van der Waals surface area contributed by atoms with Crippen LogP contribution in [0.15, 0.2) is 6.33 Å². The Hall–Kier alpha value is -1.72. The Morgan fingerprint density at radius 1 is 1.44 bits per heavy atom. The van der Waals surface area contributed by atoms with E-state index in [0.717, 1.165) is 25.9 Å². The average Bonchev–Trinajstić information content (AvgIpc) is 2.71. The van der Waals surface area contributed by atoms with Gasteiger partial charge in [0.15, 0.2) is 11.5 Å². The number of imidazole rings is 1. The van der Waals surface area contributed by atoms with Gasteiger partial charge in [-0.3, -0.25) is 0 Å². The quantitative estimate of drug-likeness (QED) is 0.735. The third-order valence-electron chi connectivity index (χ3n) is 2.80. The molecule has 0 bridgehead atoms. The van der Waals surface area contributed by atoms with E-state index in [2.05, 4.69) is 14.7 Å². The molecule has 0 aliphatic carbocycles. The largest absolute Gasteiger partial charge is 0.464 e. The molecular weight excluding hydrogens is 208 g/mol. The van der Waals surface area contributed by atoms with Crippen molar-refractivity contribution in [3.05, 3.63) is 12.0 Å². The van der Waals surface area contributed by atoms with Gasteiger partial charge in [-0.1, -0.05) is 0 Å². The van der Waals surface area contributed by atoms with E-state index in [1.165, 1.54) is 13.5 Å². The van der Waals surface area contributed by atoms with E-state index in [4.69, 9.17) is 5.73 Å². The van der Waals surface area contributed by atoms with Gasteiger partial charge < -0.3 is 15.5 Å². The van der Waals surface area contributed by atoms with Crippen LogP contribution < -0.4 is 10.7 Å². The molecule has 1 aliphatic rings. The maximum absolute atomic E-state index is 11.3. The van der Waals surface area contributed by atoms with Gasteiger partial charge in [-0.15, -0.1) is 0 Å². The van der Waals surface area contributed by atoms with Crippen LogP contribution in [0.4, 0.5) is 5.82 Å². The summed E-state index contributed by atoms with van der Waals surface area (Å²) in [5.74, 6) is -0.137. The normalized spacial score (nSPS) is 16.2. The number of methoxy groups -OCH3 is 1. The molecular formula is C10H16N4O2. The number of anilines is 1. The monoisotopic (exact) mass is 224 g/mol. The first kappa shape index (κ1) is 10.8. The minimum absolute atomic E-state index is 0.188. The van der Waals surface area contributed by atoms with Crippen molar-refractivity contribution < 1.29 is 9.53 Å². The molecule has 6 nitrogen and oxygen atoms in total. The molecule has 0 spiro atoms. The molecule has 0 unspecified atom stereocenters. The Bertz CT molecular complexity index is 382. The molecule has 2 heterocycles. The minimum Gasteiger partial charge on any atom is -0.464 e. The Labute approximate surface area is 94.0 Å². The zero-order chi connectivity index (χ0) is 11.5. The van der Waals surface area contributed by atoms with Crippen molar-refractivity contribution in [3.8, 4) is 0 Å². The van der Waals surface area contributed by atoms with Crippen molar-refractivity contribution >= 4 is 11.8 Å². The van der Waals surface area contributed by atoms with Gasteiger partial charge in [0.05, 0.1) is 7.11 Å². The van der Waals surface area contributed by atoms with Gasteiger partial charge in [0.1, 0.15) is 6.33 Å². The fraction of sp³-hybridized carbons (Fsp3) is 0.600. The Balaban J connectivity index is 2.21. The molecule has 0 saturated carbocycles. The zero-order valence-electron chi connectivity index (χ0n) is 9.35. The highest BCUT2D eigenvalue weighted by atomic mass is 16.5. The predicted molar refractivity (Wildman–Crippen MR) is 59.8 cm³/mol. The standard InChI is InChI=1S/C10H16N4O2/c1-16-10(15)8-9(11)14(7-12-8)13-5-3-2-4-6-13/h7H,2-6,11H2,1H3. The van der Waals surface area contributed by atoms with Crippen LogP contribution in [0.3, 0.4) is 0 Å². The van der Waals surface area contributed by atoms with Gasteiger partial charge in [0.25, 0.3) is 0 Å². The van der Waals surface area contributed by atoms with E-state index in [9.17, 15) is 4.79 Å². The number of nitrogens with zero attached hydrogens (tertiary/aromatic N) is 3. The highest BCUT2D eigenvalue weighted by Crippen LogP contribution is 2.15. The number of rotatable bonds is 2. The lowest BCUT2D eigenvalue weighted by Gasteiger charge is -2.29. The van der Waals surface area contributed by atoms with E-state index >= 15 is 0 Å². The van der Waals surface area contributed by atoms with Crippen LogP contribution in [-0.2, 0) is 4.74 Å². The summed E-state index contributed by atoms with van der Waals surface area (Å²) in [4.78, 5) is 15.3. The Morgan fingerprint density at radius 3 is 2.75 bits per heavy atom. The predicted octanol–water partition coefficient (Wildman–Crippen LogP) is 0.374. The summed E-state index contributed by atoms with van der Waals surface area (Å²) in [7, 11) is 1.32. The van der Waals surface area contributed by atoms with Gasteiger partial charge in [-0.25, -0.2) is 14.5 Å². The average molecular weight is 224 g/mol. The number of aromatic nitrogens is 2. The molecule has 16 heavy (non-hydrogen) atoms. The number of piperidine rings is 1. The van der Waals surface area contributed by atoms with Crippen molar-refractivity contribution in [3.63, 3.8) is 0 Å². The number of nitrogens with two attached hydrogens (primary N) is 1. The second-order valence-electron chi connectivity index (χ2n) is 3.83. The molecule has 1 fully saturated rings. The Morgan fingerprint density at radius 2 is 2.12 bits per heavy atom. The SMILES string of the molecule is COC(=O)c1ncn(N2CCCCC2)c1N. The number of hydrogen-bond acceptors (Lipinski definition) is 5. The van der Waals surface area contributed by atoms with Gasteiger partial charge in [0.2, 0.25) is 0 Å². The smallest absolute Gasteiger partial charge is 0.360 e. The van der Waals surface area contributed by atoms with Crippen molar-refractivity contribution in [2.75, 3.05) is 30.9 Å². The summed E-state index contributed by atoms with van der Waals surface area (Å²) >= 11 is 0. The van der Waals surface area contributed by atoms with Crippen LogP contribution in [0.1, 0.15) is 29.8 Å². The zero-order valence-corrected chi connectivity index (χ0v) is 9.35. The third kappa shape index (κ3) is 1.82. The van der Waals surface area contributed by atoms with Crippen LogP contribution in [0.25, 0.3) is 0 Å². The number of carbonyl (C=O) groups is 1. The topological polar surface area (TPSA) is 73.4 Å². The van der Waals surface area contributed by atoms with Gasteiger partial charge in [-0.2, -0.15) is 0 Å². The maximum atomic E-state index is 11.3. The number of ether oxygens (including phenoxy) is 1. The van der Waals surface area contributed by atoms with Crippen LogP contribution in [0.2, 0.25) is 0 Å². The molecule has 1 aliphatic heterocycles. The molecule has 0 amide bonds. The lowest BCUT2D eigenvalue weighted by molar-refractivity contribution is 0.0596. The van der Waals surface area contributed by atoms with Crippen LogP contribution in [0, 0.1) is 0 Å². The van der Waals surface area contributed by atoms with Crippen molar-refractivity contribution in [1.29, 1.82) is 0 Å². The van der Waals surface area contributed by atoms with E-state index in [-0.39, 0.29) is 5.69 Å². The summed E-state index contributed by atoms with van der Waals surface area (Å²) < 4.78 is 6.35. The molecule has 6 heteroatoms. The number of carbonyl (C=O) groups excluding carboxylic acids is 1. The first-order valence-corrected chi connectivity index (χ1v) is 5.40. The maximum Gasteiger partial charge on any atom is 0.360 e. The molecule has 1 aromatic rings. The molecule has 2 N–H and O–H groups in total. The van der Waals surface area contributed by atoms with Crippen molar-refractivity contribution in [2.24, 2.45) is 0 Å². The highest BCUT2D eigenvalue weighted by Gasteiger charge is 2.20. The van der Waals surface area contributed by atoms with E-state index < -0.39 is 5.97 Å². The molecule has 2 rings (SSSR count). The first-order valence-electron chi connectivity index (χ1n) is 5.40. The number of nitrogen functional groups attached to an aromatic ring is 1. The number of esters is 1. The van der Waals surface area contributed by atoms with E-state index in [1.807, 2.05) is 0 Å². The fourth-order valence-corrected chi connectivity index (χ4v) is 1.92. The van der Waals surface area contributed by atoms with Crippen molar-refractivity contribution in [1.82, 2.24) is 9.66 Å². The summed E-state index contributed by atoms with van der Waals surface area (Å²) in [6.45, 7) is 1.89. The molecule has 1 aromatic heterocycles. The third-order valence-corrected chi connectivity index (χ3v) is 2.80. The molecule has 0 atom stereocenters. The van der Waals surface area contributed by atoms with E-state index in [1.54, 1.807) is 11.0 Å². The van der Waals surface area contributed by atoms with Crippen molar-refractivity contribution in [2.45, 2.75) is 19.3 Å². The van der Waals surface area contributed by atoms with Crippen LogP contribution in [-0.4, -0.2) is 35.8 Å². The lowest BCUT2D eigenvalue weighted by Crippen LogP contribution is -2.39. The van der Waals surface area contributed by atoms with Gasteiger partial charge in [0, 0.05) is 13.1 Å². The summed E-state index contributed by atoms with van der Waals surface area (Å²) in [5.41, 5.74) is 6.06. The molecule has 0 radical (unpaired) electrons. The van der Waals surface area contributed by atoms with E-state index in [0.29, 0.717) is 5.82 Å². The van der Waals surface area contributed by atoms with Gasteiger partial charge >= 0.3 is 5.97 Å². The molecule has 0 aromatic carbocycles. The minimum atomic E-state index is -0.492. The second-order valence-corrected chi connectivity index (χ2v) is 3.83. The first-order chi connectivity index (χ1) is 7.74. The fourth-order valence-electron chi connectivity index (χ4n) is 1.92. The summed E-state index contributed by atoms with van der Waals surface area (Å²) in [5, 5.41) is 2.10. The van der Waals surface area contributed by atoms with Gasteiger partial charge in [-0.05, 0) is 19.3 Å². The molecule has 88 valence electrons. The molecule has 1 saturated heterocycles. The van der Waals surface area contributed by atoms with Crippen LogP contribution >= 0.6 is 0 Å². The summed E-state index contributed by atoms with van der Waals surface area (Å²) in [6, 6.07) is 0. The Kier molecular flexibility index (Phi) is 2.98. The number of hydrogen-bond donors (Lipinski definition) is 1. The highest BCUT2D eigenvalue weighted by molar-refractivity contribution is 5.92. The van der Waals surface area contributed by atoms with Crippen LogP contribution in [0.5, 0.6) is 0 Å². The lowest BCUT2D eigenvalue weighted by atomic mass is 10.2. The summed E-state index contributed by atoms with van der Waals surface area (Å²) in [6.07, 6.45) is 5.11.